The number of rotatable bonds is 4. The first kappa shape index (κ1) is 16.5. The highest BCUT2D eigenvalue weighted by molar-refractivity contribution is 5.89. The van der Waals surface area contributed by atoms with Gasteiger partial charge in [-0.1, -0.05) is 0 Å². The van der Waals surface area contributed by atoms with Crippen LogP contribution in [0.25, 0.3) is 0 Å². The number of aliphatic imine (C=N–C) groups is 1. The molecule has 2 saturated heterocycles. The molecule has 8 nitrogen and oxygen atoms in total. The van der Waals surface area contributed by atoms with Crippen molar-refractivity contribution in [3.05, 3.63) is 23.9 Å². The summed E-state index contributed by atoms with van der Waals surface area (Å²) in [4.78, 5) is 24.7. The van der Waals surface area contributed by atoms with Crippen molar-refractivity contribution in [2.75, 3.05) is 50.9 Å². The fourth-order valence-corrected chi connectivity index (χ4v) is 2.69. The summed E-state index contributed by atoms with van der Waals surface area (Å²) in [7, 11) is 0. The Morgan fingerprint density at radius 2 is 2.17 bits per heavy atom. The summed E-state index contributed by atoms with van der Waals surface area (Å²) in [5.41, 5.74) is 6.52. The minimum Gasteiger partial charge on any atom is -0.462 e. The van der Waals surface area contributed by atoms with E-state index in [0.29, 0.717) is 31.3 Å². The second-order valence-corrected chi connectivity index (χ2v) is 5.77. The van der Waals surface area contributed by atoms with Gasteiger partial charge in [0, 0.05) is 32.4 Å². The van der Waals surface area contributed by atoms with Crippen LogP contribution in [0.3, 0.4) is 0 Å². The average Bonchev–Trinajstić information content (AvgIpc) is 2.59. The average molecular weight is 333 g/mol. The van der Waals surface area contributed by atoms with E-state index < -0.39 is 0 Å². The van der Waals surface area contributed by atoms with Crippen molar-refractivity contribution < 1.29 is 14.3 Å². The zero-order valence-corrected chi connectivity index (χ0v) is 13.9. The largest absolute Gasteiger partial charge is 0.462 e. The lowest BCUT2D eigenvalue weighted by molar-refractivity contribution is 0.0526. The Morgan fingerprint density at radius 1 is 1.42 bits per heavy atom. The molecule has 1 aromatic heterocycles. The van der Waals surface area contributed by atoms with Crippen LogP contribution in [0.1, 0.15) is 17.3 Å². The van der Waals surface area contributed by atoms with Crippen molar-refractivity contribution in [1.82, 2.24) is 9.88 Å². The molecule has 2 aliphatic heterocycles. The molecule has 2 fully saturated rings. The molecule has 0 bridgehead atoms. The van der Waals surface area contributed by atoms with Crippen LogP contribution >= 0.6 is 0 Å². The van der Waals surface area contributed by atoms with Gasteiger partial charge in [-0.2, -0.15) is 0 Å². The standard InChI is InChI=1S/C16H23N5O3/c1-2-24-15(22)12-3-4-14(18-9-12)21-10-13(11-21)19-16(17)20-5-7-23-8-6-20/h3-4,9,13H,2,5-8,10-11H2,1H3,(H2,17,19). The van der Waals surface area contributed by atoms with Crippen molar-refractivity contribution in [2.45, 2.75) is 13.0 Å². The number of guanidine groups is 1. The Kier molecular flexibility index (Phi) is 5.14. The monoisotopic (exact) mass is 333 g/mol. The van der Waals surface area contributed by atoms with Crippen LogP contribution in [-0.2, 0) is 9.47 Å². The quantitative estimate of drug-likeness (QED) is 0.474. The van der Waals surface area contributed by atoms with Gasteiger partial charge in [-0.3, -0.25) is 0 Å². The number of hydrogen-bond donors (Lipinski definition) is 1. The van der Waals surface area contributed by atoms with Crippen molar-refractivity contribution in [2.24, 2.45) is 10.7 Å². The summed E-state index contributed by atoms with van der Waals surface area (Å²) in [6, 6.07) is 3.75. The SMILES string of the molecule is CCOC(=O)c1ccc(N2CC(N=C(N)N3CCOCC3)C2)nc1. The molecule has 2 N–H and O–H groups in total. The van der Waals surface area contributed by atoms with Crippen molar-refractivity contribution >= 4 is 17.7 Å². The number of aromatic nitrogens is 1. The maximum Gasteiger partial charge on any atom is 0.339 e. The Bertz CT molecular complexity index is 592. The molecule has 0 unspecified atom stereocenters. The topological polar surface area (TPSA) is 93.3 Å². The van der Waals surface area contributed by atoms with Crippen molar-refractivity contribution in [3.8, 4) is 0 Å². The molecule has 0 saturated carbocycles. The molecule has 8 heteroatoms. The van der Waals surface area contributed by atoms with E-state index in [1.807, 2.05) is 6.07 Å². The molecule has 0 spiro atoms. The first-order valence-corrected chi connectivity index (χ1v) is 8.21. The third-order valence-electron chi connectivity index (χ3n) is 4.10. The van der Waals surface area contributed by atoms with Crippen LogP contribution in [0.4, 0.5) is 5.82 Å². The maximum atomic E-state index is 11.6. The number of anilines is 1. The van der Waals surface area contributed by atoms with E-state index in [4.69, 9.17) is 15.2 Å². The second-order valence-electron chi connectivity index (χ2n) is 5.77. The summed E-state index contributed by atoms with van der Waals surface area (Å²) in [5, 5.41) is 0. The van der Waals surface area contributed by atoms with Crippen molar-refractivity contribution in [3.63, 3.8) is 0 Å². The van der Waals surface area contributed by atoms with Gasteiger partial charge >= 0.3 is 5.97 Å². The minimum absolute atomic E-state index is 0.180. The Morgan fingerprint density at radius 3 is 2.79 bits per heavy atom. The van der Waals surface area contributed by atoms with E-state index in [9.17, 15) is 4.79 Å². The molecule has 130 valence electrons. The van der Waals surface area contributed by atoms with E-state index in [2.05, 4.69) is 19.8 Å². The Labute approximate surface area is 141 Å². The normalized spacial score (nSPS) is 19.1. The lowest BCUT2D eigenvalue weighted by Gasteiger charge is -2.38. The lowest BCUT2D eigenvalue weighted by atomic mass is 10.1. The number of nitrogens with two attached hydrogens (primary N) is 1. The van der Waals surface area contributed by atoms with Gasteiger partial charge in [0.05, 0.1) is 31.4 Å². The number of carbonyl (C=O) groups is 1. The first-order valence-electron chi connectivity index (χ1n) is 8.21. The number of carbonyl (C=O) groups excluding carboxylic acids is 1. The number of pyridine rings is 1. The predicted octanol–water partition coefficient (Wildman–Crippen LogP) is 0.0938. The van der Waals surface area contributed by atoms with Crippen LogP contribution in [-0.4, -0.2) is 73.9 Å². The van der Waals surface area contributed by atoms with Crippen LogP contribution in [0.2, 0.25) is 0 Å². The van der Waals surface area contributed by atoms with Gasteiger partial charge in [0.25, 0.3) is 0 Å². The highest BCUT2D eigenvalue weighted by atomic mass is 16.5. The molecule has 3 heterocycles. The van der Waals surface area contributed by atoms with Gasteiger partial charge in [0.1, 0.15) is 5.82 Å². The van der Waals surface area contributed by atoms with Gasteiger partial charge < -0.3 is 25.0 Å². The van der Waals surface area contributed by atoms with E-state index in [0.717, 1.165) is 32.0 Å². The van der Waals surface area contributed by atoms with E-state index >= 15 is 0 Å². The molecule has 0 aromatic carbocycles. The van der Waals surface area contributed by atoms with Crippen LogP contribution in [0.5, 0.6) is 0 Å². The Hall–Kier alpha value is -2.35. The van der Waals surface area contributed by atoms with E-state index in [-0.39, 0.29) is 12.0 Å². The van der Waals surface area contributed by atoms with Crippen LogP contribution in [0, 0.1) is 0 Å². The molecule has 24 heavy (non-hydrogen) atoms. The lowest BCUT2D eigenvalue weighted by Crippen LogP contribution is -2.53. The molecular formula is C16H23N5O3. The van der Waals surface area contributed by atoms with Gasteiger partial charge in [-0.15, -0.1) is 0 Å². The molecule has 0 radical (unpaired) electrons. The summed E-state index contributed by atoms with van der Waals surface area (Å²) in [6.45, 7) is 6.67. The summed E-state index contributed by atoms with van der Waals surface area (Å²) in [5.74, 6) is 1.08. The zero-order chi connectivity index (χ0) is 16.9. The second kappa shape index (κ2) is 7.48. The number of nitrogens with zero attached hydrogens (tertiary/aromatic N) is 4. The highest BCUT2D eigenvalue weighted by Gasteiger charge is 2.28. The summed E-state index contributed by atoms with van der Waals surface area (Å²) >= 11 is 0. The van der Waals surface area contributed by atoms with Gasteiger partial charge in [0.15, 0.2) is 5.96 Å². The van der Waals surface area contributed by atoms with Gasteiger partial charge in [-0.05, 0) is 19.1 Å². The zero-order valence-electron chi connectivity index (χ0n) is 13.9. The molecule has 0 aliphatic carbocycles. The van der Waals surface area contributed by atoms with Crippen LogP contribution in [0.15, 0.2) is 23.3 Å². The summed E-state index contributed by atoms with van der Waals surface area (Å²) in [6.07, 6.45) is 1.55. The molecule has 0 amide bonds. The first-order chi connectivity index (χ1) is 11.7. The molecule has 3 rings (SSSR count). The van der Waals surface area contributed by atoms with E-state index in [1.54, 1.807) is 19.2 Å². The third-order valence-corrected chi connectivity index (χ3v) is 4.10. The summed E-state index contributed by atoms with van der Waals surface area (Å²) < 4.78 is 10.3. The number of hydrogen-bond acceptors (Lipinski definition) is 6. The van der Waals surface area contributed by atoms with Crippen LogP contribution < -0.4 is 10.6 Å². The van der Waals surface area contributed by atoms with Gasteiger partial charge in [0.2, 0.25) is 0 Å². The maximum absolute atomic E-state index is 11.6. The molecule has 1 aromatic rings. The third kappa shape index (κ3) is 3.76. The molecule has 2 aliphatic rings. The Balaban J connectivity index is 1.51. The van der Waals surface area contributed by atoms with Crippen molar-refractivity contribution in [1.29, 1.82) is 0 Å². The van der Waals surface area contributed by atoms with Gasteiger partial charge in [-0.25, -0.2) is 14.8 Å². The van der Waals surface area contributed by atoms with E-state index in [1.165, 1.54) is 0 Å². The smallest absolute Gasteiger partial charge is 0.339 e. The predicted molar refractivity (Wildman–Crippen MR) is 90.2 cm³/mol. The molecule has 0 atom stereocenters. The number of ether oxygens (including phenoxy) is 2. The molecular weight excluding hydrogens is 310 g/mol. The fraction of sp³-hybridized carbons (Fsp3) is 0.562. The highest BCUT2D eigenvalue weighted by Crippen LogP contribution is 2.20. The number of esters is 1. The number of morpholine rings is 1. The fourth-order valence-electron chi connectivity index (χ4n) is 2.69. The minimum atomic E-state index is -0.346.